The van der Waals surface area contributed by atoms with E-state index in [0.717, 1.165) is 0 Å². The molecule has 9 heteroatoms. The van der Waals surface area contributed by atoms with Crippen molar-refractivity contribution >= 4 is 40.7 Å². The minimum absolute atomic E-state index is 0.162. The Balaban J connectivity index is 1.63. The molecule has 0 aliphatic rings. The molecule has 0 saturated heterocycles. The van der Waals surface area contributed by atoms with Crippen LogP contribution >= 0.6 is 34.8 Å². The van der Waals surface area contributed by atoms with Crippen LogP contribution in [0.1, 0.15) is 10.5 Å². The Morgan fingerprint density at radius 1 is 1.21 bits per heavy atom. The first-order chi connectivity index (χ1) is 11.5. The number of hydrogen-bond acceptors (Lipinski definition) is 4. The number of hydrogen-bond donors (Lipinski definition) is 1. The van der Waals surface area contributed by atoms with Crippen molar-refractivity contribution in [3.63, 3.8) is 0 Å². The van der Waals surface area contributed by atoms with Gasteiger partial charge in [-0.25, -0.2) is 0 Å². The van der Waals surface area contributed by atoms with Crippen molar-refractivity contribution in [2.75, 3.05) is 6.54 Å². The van der Waals surface area contributed by atoms with Gasteiger partial charge in [0, 0.05) is 29.4 Å². The Bertz CT molecular complexity index is 875. The Kier molecular flexibility index (Phi) is 5.08. The Morgan fingerprint density at radius 2 is 2.04 bits per heavy atom. The fourth-order valence-electron chi connectivity index (χ4n) is 2.03. The molecule has 0 atom stereocenters. The Labute approximate surface area is 152 Å². The summed E-state index contributed by atoms with van der Waals surface area (Å²) in [6.07, 6.45) is 3.20. The van der Waals surface area contributed by atoms with Gasteiger partial charge in [0.1, 0.15) is 0 Å². The van der Waals surface area contributed by atoms with Gasteiger partial charge in [-0.2, -0.15) is 5.10 Å². The van der Waals surface area contributed by atoms with Crippen LogP contribution in [0.3, 0.4) is 0 Å². The summed E-state index contributed by atoms with van der Waals surface area (Å²) < 4.78 is 6.82. The lowest BCUT2D eigenvalue weighted by Crippen LogP contribution is -2.27. The normalized spacial score (nSPS) is 10.8. The van der Waals surface area contributed by atoms with E-state index in [2.05, 4.69) is 15.6 Å². The van der Waals surface area contributed by atoms with Crippen LogP contribution in [0.15, 0.2) is 41.2 Å². The second-order valence-electron chi connectivity index (χ2n) is 4.88. The number of nitrogens with one attached hydrogen (secondary N) is 1. The smallest absolute Gasteiger partial charge is 0.273 e. The highest BCUT2D eigenvalue weighted by Crippen LogP contribution is 2.30. The molecule has 0 aliphatic heterocycles. The monoisotopic (exact) mass is 384 g/mol. The van der Waals surface area contributed by atoms with Crippen molar-refractivity contribution in [3.05, 3.63) is 57.4 Å². The van der Waals surface area contributed by atoms with Gasteiger partial charge in [0.2, 0.25) is 0 Å². The number of nitrogens with zero attached hydrogens (tertiary/aromatic N) is 3. The molecule has 1 aromatic carbocycles. The van der Waals surface area contributed by atoms with Gasteiger partial charge >= 0.3 is 0 Å². The molecule has 1 N–H and O–H groups in total. The number of aromatic nitrogens is 3. The van der Waals surface area contributed by atoms with E-state index >= 15 is 0 Å². The van der Waals surface area contributed by atoms with Crippen molar-refractivity contribution in [2.45, 2.75) is 6.54 Å². The van der Waals surface area contributed by atoms with Crippen LogP contribution in [0, 0.1) is 0 Å². The molecule has 0 bridgehead atoms. The third-order valence-electron chi connectivity index (χ3n) is 3.17. The fourth-order valence-corrected chi connectivity index (χ4v) is 2.69. The molecule has 0 fully saturated rings. The van der Waals surface area contributed by atoms with E-state index in [9.17, 15) is 4.79 Å². The zero-order valence-electron chi connectivity index (χ0n) is 12.2. The minimum atomic E-state index is -0.353. The van der Waals surface area contributed by atoms with Gasteiger partial charge < -0.3 is 9.84 Å². The lowest BCUT2D eigenvalue weighted by atomic mass is 10.1. The molecule has 2 aromatic heterocycles. The van der Waals surface area contributed by atoms with Gasteiger partial charge in [0.05, 0.1) is 22.8 Å². The van der Waals surface area contributed by atoms with Crippen LogP contribution in [0.4, 0.5) is 0 Å². The molecule has 0 aliphatic carbocycles. The van der Waals surface area contributed by atoms with Crippen LogP contribution in [-0.2, 0) is 6.54 Å². The summed E-state index contributed by atoms with van der Waals surface area (Å²) >= 11 is 17.7. The van der Waals surface area contributed by atoms with E-state index in [1.165, 1.54) is 12.3 Å². The van der Waals surface area contributed by atoms with E-state index in [1.807, 2.05) is 0 Å². The molecule has 0 spiro atoms. The molecule has 124 valence electrons. The van der Waals surface area contributed by atoms with Crippen molar-refractivity contribution in [3.8, 4) is 11.3 Å². The largest absolute Gasteiger partial charge is 0.355 e. The van der Waals surface area contributed by atoms with E-state index in [-0.39, 0.29) is 11.6 Å². The molecule has 0 unspecified atom stereocenters. The molecule has 1 amide bonds. The molecule has 0 saturated carbocycles. The molecule has 3 rings (SSSR count). The third-order valence-corrected chi connectivity index (χ3v) is 3.91. The number of rotatable bonds is 5. The first kappa shape index (κ1) is 16.8. The zero-order chi connectivity index (χ0) is 17.1. The van der Waals surface area contributed by atoms with Gasteiger partial charge in [-0.05, 0) is 18.2 Å². The van der Waals surface area contributed by atoms with E-state index < -0.39 is 0 Å². The van der Waals surface area contributed by atoms with Gasteiger partial charge in [-0.1, -0.05) is 40.0 Å². The second-order valence-corrected chi connectivity index (χ2v) is 6.16. The molecule has 0 radical (unpaired) electrons. The number of halogens is 3. The topological polar surface area (TPSA) is 73.0 Å². The summed E-state index contributed by atoms with van der Waals surface area (Å²) in [4.78, 5) is 12.1. The average Bonchev–Trinajstić information content (AvgIpc) is 3.16. The predicted octanol–water partition coefficient (Wildman–Crippen LogP) is 3.93. The van der Waals surface area contributed by atoms with Crippen LogP contribution in [0.5, 0.6) is 0 Å². The minimum Gasteiger partial charge on any atom is -0.355 e. The second kappa shape index (κ2) is 7.25. The van der Waals surface area contributed by atoms with Gasteiger partial charge in [-0.15, -0.1) is 0 Å². The summed E-state index contributed by atoms with van der Waals surface area (Å²) in [6, 6.07) is 6.50. The maximum Gasteiger partial charge on any atom is 0.273 e. The van der Waals surface area contributed by atoms with Gasteiger partial charge in [0.25, 0.3) is 5.91 Å². The maximum absolute atomic E-state index is 12.1. The van der Waals surface area contributed by atoms with E-state index in [1.54, 1.807) is 29.1 Å². The number of benzene rings is 1. The van der Waals surface area contributed by atoms with Crippen LogP contribution in [0.25, 0.3) is 11.3 Å². The maximum atomic E-state index is 12.1. The third kappa shape index (κ3) is 3.90. The lowest BCUT2D eigenvalue weighted by molar-refractivity contribution is 0.0943. The summed E-state index contributed by atoms with van der Waals surface area (Å²) in [5, 5.41) is 12.0. The summed E-state index contributed by atoms with van der Waals surface area (Å²) in [7, 11) is 0. The van der Waals surface area contributed by atoms with Crippen molar-refractivity contribution in [1.82, 2.24) is 20.3 Å². The molecule has 24 heavy (non-hydrogen) atoms. The molecule has 3 aromatic rings. The predicted molar refractivity (Wildman–Crippen MR) is 91.5 cm³/mol. The Morgan fingerprint density at radius 3 is 2.75 bits per heavy atom. The van der Waals surface area contributed by atoms with Crippen LogP contribution in [0.2, 0.25) is 15.1 Å². The SMILES string of the molecule is O=C(NCCn1cc(Cl)cn1)c1cc(-c2ccc(Cl)cc2Cl)on1. The highest BCUT2D eigenvalue weighted by molar-refractivity contribution is 6.36. The Hall–Kier alpha value is -2.02. The van der Waals surface area contributed by atoms with Gasteiger partial charge in [-0.3, -0.25) is 9.48 Å². The molecular weight excluding hydrogens is 375 g/mol. The van der Waals surface area contributed by atoms with Crippen molar-refractivity contribution in [1.29, 1.82) is 0 Å². The summed E-state index contributed by atoms with van der Waals surface area (Å²) in [5.41, 5.74) is 0.772. The molecule has 2 heterocycles. The van der Waals surface area contributed by atoms with Crippen LogP contribution in [-0.4, -0.2) is 27.4 Å². The lowest BCUT2D eigenvalue weighted by Gasteiger charge is -2.02. The zero-order valence-corrected chi connectivity index (χ0v) is 14.4. The standard InChI is InChI=1S/C15H11Cl3N4O2/c16-9-1-2-11(12(18)5-9)14-6-13(21-24-14)15(23)19-3-4-22-8-10(17)7-20-22/h1-2,5-8H,3-4H2,(H,19,23). The first-order valence-corrected chi connectivity index (χ1v) is 8.04. The quantitative estimate of drug-likeness (QED) is 0.722. The van der Waals surface area contributed by atoms with Gasteiger partial charge in [0.15, 0.2) is 11.5 Å². The number of carbonyl (C=O) groups is 1. The number of carbonyl (C=O) groups excluding carboxylic acids is 1. The highest BCUT2D eigenvalue weighted by Gasteiger charge is 2.15. The fraction of sp³-hybridized carbons (Fsp3) is 0.133. The average molecular weight is 386 g/mol. The summed E-state index contributed by atoms with van der Waals surface area (Å²) in [5.74, 6) is 0.0361. The first-order valence-electron chi connectivity index (χ1n) is 6.91. The van der Waals surface area contributed by atoms with E-state index in [4.69, 9.17) is 39.3 Å². The molecule has 6 nitrogen and oxygen atoms in total. The number of amides is 1. The van der Waals surface area contributed by atoms with Crippen LogP contribution < -0.4 is 5.32 Å². The van der Waals surface area contributed by atoms with Crippen molar-refractivity contribution in [2.24, 2.45) is 0 Å². The summed E-state index contributed by atoms with van der Waals surface area (Å²) in [6.45, 7) is 0.868. The van der Waals surface area contributed by atoms with E-state index in [0.29, 0.717) is 39.5 Å². The van der Waals surface area contributed by atoms with Crippen molar-refractivity contribution < 1.29 is 9.32 Å². The highest BCUT2D eigenvalue weighted by atomic mass is 35.5. The molecular formula is C15H11Cl3N4O2.